The minimum atomic E-state index is -1.02. The predicted octanol–water partition coefficient (Wildman–Crippen LogP) is 1.69. The van der Waals surface area contributed by atoms with Crippen LogP contribution in [0, 0.1) is 34.6 Å². The van der Waals surface area contributed by atoms with E-state index in [0.717, 1.165) is 0 Å². The van der Waals surface area contributed by atoms with Gasteiger partial charge in [0.2, 0.25) is 6.10 Å². The number of ether oxygens (including phenoxy) is 4. The van der Waals surface area contributed by atoms with Crippen molar-refractivity contribution in [3.63, 3.8) is 0 Å². The van der Waals surface area contributed by atoms with Crippen molar-refractivity contribution in [3.8, 4) is 18.8 Å². The third-order valence-electron chi connectivity index (χ3n) is 2.50. The average Bonchev–Trinajstić information content (AvgIpc) is 2.48. The molecule has 0 aromatic heterocycles. The van der Waals surface area contributed by atoms with Gasteiger partial charge in [0.1, 0.15) is 6.61 Å². The van der Waals surface area contributed by atoms with Gasteiger partial charge in [-0.25, -0.2) is 4.79 Å². The Morgan fingerprint density at radius 3 is 2.33 bits per heavy atom. The molecule has 0 aromatic rings. The Kier molecular flexibility index (Phi) is 10.8. The number of nitrogens with zero attached hydrogens (tertiary/aromatic N) is 3. The fraction of sp³-hybridized carbons (Fsp3) is 0.692. The molecule has 0 heterocycles. The van der Waals surface area contributed by atoms with Gasteiger partial charge in [0, 0.05) is 6.42 Å². The van der Waals surface area contributed by atoms with Crippen molar-refractivity contribution in [1.29, 1.82) is 15.8 Å². The SMILES string of the molecule is CCC(OC#N)OC(=O)C(CCCCCOC#N)OC#N. The smallest absolute Gasteiger partial charge is 0.351 e. The molecule has 0 amide bonds. The summed E-state index contributed by atoms with van der Waals surface area (Å²) in [5.74, 6) is -0.744. The topological polar surface area (TPSA) is 125 Å². The van der Waals surface area contributed by atoms with Crippen LogP contribution in [0.4, 0.5) is 0 Å². The van der Waals surface area contributed by atoms with E-state index in [4.69, 9.17) is 20.5 Å². The van der Waals surface area contributed by atoms with Gasteiger partial charge in [-0.1, -0.05) is 6.92 Å². The second-order valence-electron chi connectivity index (χ2n) is 3.97. The molecule has 0 aliphatic carbocycles. The van der Waals surface area contributed by atoms with Crippen LogP contribution in [0.25, 0.3) is 0 Å². The van der Waals surface area contributed by atoms with Crippen LogP contribution < -0.4 is 0 Å². The molecule has 114 valence electrons. The number of carbonyl (C=O) groups excluding carboxylic acids is 1. The molecular formula is C13H17N3O5. The van der Waals surface area contributed by atoms with Crippen LogP contribution in [0.3, 0.4) is 0 Å². The number of hydrogen-bond donors (Lipinski definition) is 0. The zero-order valence-corrected chi connectivity index (χ0v) is 11.8. The first-order valence-corrected chi connectivity index (χ1v) is 6.50. The maximum atomic E-state index is 11.8. The van der Waals surface area contributed by atoms with Crippen molar-refractivity contribution in [2.45, 2.75) is 51.4 Å². The van der Waals surface area contributed by atoms with Gasteiger partial charge in [-0.15, -0.1) is 0 Å². The van der Waals surface area contributed by atoms with Crippen LogP contribution in [0.2, 0.25) is 0 Å². The fourth-order valence-corrected chi connectivity index (χ4v) is 1.47. The van der Waals surface area contributed by atoms with Gasteiger partial charge in [-0.3, -0.25) is 0 Å². The summed E-state index contributed by atoms with van der Waals surface area (Å²) in [7, 11) is 0. The quantitative estimate of drug-likeness (QED) is 0.244. The Bertz CT molecular complexity index is 421. The summed E-state index contributed by atoms with van der Waals surface area (Å²) >= 11 is 0. The lowest BCUT2D eigenvalue weighted by Gasteiger charge is -2.17. The number of unbranched alkanes of at least 4 members (excludes halogenated alkanes) is 2. The number of rotatable bonds is 11. The highest BCUT2D eigenvalue weighted by atomic mass is 16.7. The molecule has 0 saturated carbocycles. The molecule has 0 spiro atoms. The molecule has 0 saturated heterocycles. The highest BCUT2D eigenvalue weighted by Gasteiger charge is 2.25. The Morgan fingerprint density at radius 2 is 1.76 bits per heavy atom. The van der Waals surface area contributed by atoms with Crippen LogP contribution in [0.15, 0.2) is 0 Å². The molecule has 0 bridgehead atoms. The van der Waals surface area contributed by atoms with Crippen LogP contribution in [-0.4, -0.2) is 25.0 Å². The molecule has 8 nitrogen and oxygen atoms in total. The molecular weight excluding hydrogens is 278 g/mol. The van der Waals surface area contributed by atoms with Crippen molar-refractivity contribution in [3.05, 3.63) is 0 Å². The zero-order valence-electron chi connectivity index (χ0n) is 11.8. The van der Waals surface area contributed by atoms with E-state index >= 15 is 0 Å². The third-order valence-corrected chi connectivity index (χ3v) is 2.50. The monoisotopic (exact) mass is 295 g/mol. The van der Waals surface area contributed by atoms with Gasteiger partial charge in [-0.05, 0) is 25.7 Å². The summed E-state index contributed by atoms with van der Waals surface area (Å²) in [6, 6.07) is 0. The lowest BCUT2D eigenvalue weighted by molar-refractivity contribution is -0.177. The average molecular weight is 295 g/mol. The molecule has 0 aromatic carbocycles. The van der Waals surface area contributed by atoms with E-state index in [-0.39, 0.29) is 0 Å². The molecule has 21 heavy (non-hydrogen) atoms. The van der Waals surface area contributed by atoms with Gasteiger partial charge in [-0.2, -0.15) is 15.8 Å². The summed E-state index contributed by atoms with van der Waals surface area (Å²) < 4.78 is 18.6. The first-order valence-electron chi connectivity index (χ1n) is 6.50. The first-order chi connectivity index (χ1) is 10.2. The van der Waals surface area contributed by atoms with E-state index in [0.29, 0.717) is 38.7 Å². The van der Waals surface area contributed by atoms with Gasteiger partial charge >= 0.3 is 5.97 Å². The normalized spacial score (nSPS) is 11.9. The largest absolute Gasteiger partial charge is 0.428 e. The standard InChI is InChI=1S/C13H17N3O5/c1-2-12(20-10-16)21-13(17)11(19-9-15)6-4-3-5-7-18-8-14/h11-12H,2-7H2,1H3. The number of carbonyl (C=O) groups is 1. The molecule has 2 atom stereocenters. The summed E-state index contributed by atoms with van der Waals surface area (Å²) in [5, 5.41) is 25.1. The van der Waals surface area contributed by atoms with E-state index in [1.54, 1.807) is 13.2 Å². The summed E-state index contributed by atoms with van der Waals surface area (Å²) in [6.45, 7) is 2.00. The maximum absolute atomic E-state index is 11.8. The van der Waals surface area contributed by atoms with Gasteiger partial charge < -0.3 is 18.9 Å². The van der Waals surface area contributed by atoms with Gasteiger partial charge in [0.25, 0.3) is 25.1 Å². The molecule has 0 fully saturated rings. The lowest BCUT2D eigenvalue weighted by atomic mass is 10.1. The fourth-order valence-electron chi connectivity index (χ4n) is 1.47. The third kappa shape index (κ3) is 8.96. The van der Waals surface area contributed by atoms with Crippen molar-refractivity contribution < 1.29 is 23.7 Å². The van der Waals surface area contributed by atoms with Crippen LogP contribution in [0.1, 0.15) is 39.0 Å². The van der Waals surface area contributed by atoms with E-state index in [1.807, 2.05) is 0 Å². The summed E-state index contributed by atoms with van der Waals surface area (Å²) in [6.07, 6.45) is 5.05. The second kappa shape index (κ2) is 12.4. The molecule has 0 radical (unpaired) electrons. The van der Waals surface area contributed by atoms with Crippen molar-refractivity contribution in [2.24, 2.45) is 0 Å². The van der Waals surface area contributed by atoms with E-state index in [2.05, 4.69) is 14.2 Å². The first kappa shape index (κ1) is 18.3. The van der Waals surface area contributed by atoms with Crippen molar-refractivity contribution in [1.82, 2.24) is 0 Å². The second-order valence-corrected chi connectivity index (χ2v) is 3.97. The molecule has 8 heteroatoms. The van der Waals surface area contributed by atoms with Crippen molar-refractivity contribution >= 4 is 5.97 Å². The molecule has 0 N–H and O–H groups in total. The number of esters is 1. The van der Waals surface area contributed by atoms with Crippen LogP contribution in [-0.2, 0) is 23.7 Å². The van der Waals surface area contributed by atoms with Gasteiger partial charge in [0.15, 0.2) is 0 Å². The molecule has 0 aliphatic rings. The maximum Gasteiger partial charge on any atom is 0.351 e. The molecule has 0 rings (SSSR count). The van der Waals surface area contributed by atoms with Crippen LogP contribution in [0.5, 0.6) is 0 Å². The van der Waals surface area contributed by atoms with E-state index < -0.39 is 18.4 Å². The zero-order chi connectivity index (χ0) is 15.9. The van der Waals surface area contributed by atoms with Crippen LogP contribution >= 0.6 is 0 Å². The van der Waals surface area contributed by atoms with E-state index in [9.17, 15) is 4.79 Å². The highest BCUT2D eigenvalue weighted by Crippen LogP contribution is 2.11. The summed E-state index contributed by atoms with van der Waals surface area (Å²) in [5.41, 5.74) is 0. The molecule has 0 aliphatic heterocycles. The Labute approximate surface area is 123 Å². The Balaban J connectivity index is 4.16. The molecule has 2 unspecified atom stereocenters. The lowest BCUT2D eigenvalue weighted by Crippen LogP contribution is -2.30. The minimum Gasteiger partial charge on any atom is -0.428 e. The number of nitriles is 3. The van der Waals surface area contributed by atoms with Gasteiger partial charge in [0.05, 0.1) is 0 Å². The Hall–Kier alpha value is -2.66. The highest BCUT2D eigenvalue weighted by molar-refractivity contribution is 5.74. The number of hydrogen-bond acceptors (Lipinski definition) is 8. The van der Waals surface area contributed by atoms with E-state index in [1.165, 1.54) is 12.5 Å². The summed E-state index contributed by atoms with van der Waals surface area (Å²) in [4.78, 5) is 11.8. The van der Waals surface area contributed by atoms with Crippen molar-refractivity contribution in [2.75, 3.05) is 6.61 Å². The minimum absolute atomic E-state index is 0.294. The predicted molar refractivity (Wildman–Crippen MR) is 67.4 cm³/mol. The Morgan fingerprint density at radius 1 is 1.05 bits per heavy atom.